The van der Waals surface area contributed by atoms with Gasteiger partial charge in [0.05, 0.1) is 0 Å². The fraction of sp³-hybridized carbons (Fsp3) is 0.419. The lowest BCUT2D eigenvalue weighted by Crippen LogP contribution is -2.48. The summed E-state index contributed by atoms with van der Waals surface area (Å²) in [5.74, 6) is 3.53. The van der Waals surface area contributed by atoms with E-state index in [9.17, 15) is 0 Å². The zero-order valence-electron chi connectivity index (χ0n) is 19.0. The molecule has 158 valence electrons. The highest BCUT2D eigenvalue weighted by atomic mass is 14.6. The summed E-state index contributed by atoms with van der Waals surface area (Å²) in [6.07, 6.45) is 8.84. The van der Waals surface area contributed by atoms with Crippen molar-refractivity contribution in [1.29, 1.82) is 0 Å². The smallest absolute Gasteiger partial charge is 0.00388 e. The van der Waals surface area contributed by atoms with E-state index in [0.717, 1.165) is 17.8 Å². The molecule has 31 heavy (non-hydrogen) atoms. The summed E-state index contributed by atoms with van der Waals surface area (Å²) in [7, 11) is 0. The Morgan fingerprint density at radius 1 is 0.613 bits per heavy atom. The van der Waals surface area contributed by atoms with Gasteiger partial charge in [-0.15, -0.1) is 0 Å². The van der Waals surface area contributed by atoms with Gasteiger partial charge in [0.2, 0.25) is 0 Å². The third kappa shape index (κ3) is 3.45. The molecule has 0 saturated heterocycles. The highest BCUT2D eigenvalue weighted by molar-refractivity contribution is 5.74. The van der Waals surface area contributed by atoms with Gasteiger partial charge in [-0.25, -0.2) is 0 Å². The molecule has 0 spiro atoms. The van der Waals surface area contributed by atoms with Gasteiger partial charge < -0.3 is 0 Å². The Hall–Kier alpha value is -2.34. The molecule has 0 aliphatic heterocycles. The van der Waals surface area contributed by atoms with Crippen LogP contribution in [-0.2, 0) is 5.41 Å². The summed E-state index contributed by atoms with van der Waals surface area (Å²) < 4.78 is 0. The number of hydrogen-bond donors (Lipinski definition) is 0. The minimum atomic E-state index is 0.466. The third-order valence-corrected chi connectivity index (χ3v) is 8.60. The predicted molar refractivity (Wildman–Crippen MR) is 131 cm³/mol. The molecule has 3 aromatic carbocycles. The normalized spacial score (nSPS) is 28.9. The molecule has 4 aliphatic carbocycles. The van der Waals surface area contributed by atoms with E-state index in [4.69, 9.17) is 0 Å². The van der Waals surface area contributed by atoms with E-state index in [-0.39, 0.29) is 0 Å². The van der Waals surface area contributed by atoms with E-state index in [1.807, 2.05) is 0 Å². The molecule has 0 heterocycles. The highest BCUT2D eigenvalue weighted by Crippen LogP contribution is 2.60. The molecule has 4 saturated carbocycles. The molecule has 0 unspecified atom stereocenters. The van der Waals surface area contributed by atoms with Crippen molar-refractivity contribution >= 4 is 0 Å². The van der Waals surface area contributed by atoms with Crippen LogP contribution in [0.2, 0.25) is 0 Å². The van der Waals surface area contributed by atoms with Crippen LogP contribution in [0.1, 0.15) is 69.4 Å². The van der Waals surface area contributed by atoms with Crippen molar-refractivity contribution in [3.63, 3.8) is 0 Å². The van der Waals surface area contributed by atoms with E-state index >= 15 is 0 Å². The second kappa shape index (κ2) is 7.37. The summed E-state index contributed by atoms with van der Waals surface area (Å²) in [6, 6.07) is 27.8. The van der Waals surface area contributed by atoms with Crippen molar-refractivity contribution in [2.75, 3.05) is 0 Å². The summed E-state index contributed by atoms with van der Waals surface area (Å²) >= 11 is 0. The Labute approximate surface area is 187 Å². The number of benzene rings is 3. The van der Waals surface area contributed by atoms with Crippen molar-refractivity contribution in [3.8, 4) is 22.3 Å². The van der Waals surface area contributed by atoms with Crippen molar-refractivity contribution in [3.05, 3.63) is 83.9 Å². The first kappa shape index (κ1) is 19.4. The minimum absolute atomic E-state index is 0.466. The van der Waals surface area contributed by atoms with Gasteiger partial charge in [-0.2, -0.15) is 0 Å². The summed E-state index contributed by atoms with van der Waals surface area (Å²) in [5, 5.41) is 0. The van der Waals surface area contributed by atoms with Gasteiger partial charge in [-0.05, 0) is 107 Å². The van der Waals surface area contributed by atoms with Crippen LogP contribution in [-0.4, -0.2) is 0 Å². The molecule has 4 aliphatic rings. The van der Waals surface area contributed by atoms with E-state index in [0.29, 0.717) is 11.3 Å². The van der Waals surface area contributed by atoms with Crippen LogP contribution in [0.4, 0.5) is 0 Å². The van der Waals surface area contributed by atoms with Crippen molar-refractivity contribution in [2.24, 2.45) is 17.8 Å². The lowest BCUT2D eigenvalue weighted by molar-refractivity contribution is -0.00516. The summed E-state index contributed by atoms with van der Waals surface area (Å²) in [4.78, 5) is 0. The van der Waals surface area contributed by atoms with Crippen LogP contribution >= 0.6 is 0 Å². The first-order valence-electron chi connectivity index (χ1n) is 12.4. The van der Waals surface area contributed by atoms with Crippen LogP contribution in [0.3, 0.4) is 0 Å². The minimum Gasteiger partial charge on any atom is -0.0614 e. The van der Waals surface area contributed by atoms with Gasteiger partial charge in [0.15, 0.2) is 0 Å². The van der Waals surface area contributed by atoms with Crippen LogP contribution < -0.4 is 0 Å². The Morgan fingerprint density at radius 3 is 1.68 bits per heavy atom. The lowest BCUT2D eigenvalue weighted by Gasteiger charge is -2.57. The molecular formula is C31H34. The maximum atomic E-state index is 2.54. The zero-order valence-corrected chi connectivity index (χ0v) is 19.0. The monoisotopic (exact) mass is 406 g/mol. The Morgan fingerprint density at radius 2 is 1.10 bits per heavy atom. The van der Waals surface area contributed by atoms with E-state index in [1.54, 1.807) is 5.56 Å². The average molecular weight is 407 g/mol. The molecule has 4 fully saturated rings. The van der Waals surface area contributed by atoms with Crippen LogP contribution in [0.25, 0.3) is 22.3 Å². The molecule has 0 radical (unpaired) electrons. The van der Waals surface area contributed by atoms with Gasteiger partial charge in [0.1, 0.15) is 0 Å². The second-order valence-corrected chi connectivity index (χ2v) is 11.1. The van der Waals surface area contributed by atoms with Crippen molar-refractivity contribution < 1.29 is 0 Å². The lowest BCUT2D eigenvalue weighted by atomic mass is 9.48. The van der Waals surface area contributed by atoms with E-state index in [2.05, 4.69) is 86.6 Å². The van der Waals surface area contributed by atoms with Crippen molar-refractivity contribution in [1.82, 2.24) is 0 Å². The Balaban J connectivity index is 1.35. The topological polar surface area (TPSA) is 0 Å². The third-order valence-electron chi connectivity index (χ3n) is 8.60. The van der Waals surface area contributed by atoms with Crippen LogP contribution in [0.5, 0.6) is 0 Å². The molecule has 7 rings (SSSR count). The molecule has 0 N–H and O–H groups in total. The number of rotatable bonds is 4. The zero-order chi connectivity index (χ0) is 21.0. The van der Waals surface area contributed by atoms with Crippen molar-refractivity contribution in [2.45, 2.75) is 63.7 Å². The molecule has 0 atom stereocenters. The molecule has 4 bridgehead atoms. The summed E-state index contributed by atoms with van der Waals surface area (Å²) in [6.45, 7) is 4.54. The summed E-state index contributed by atoms with van der Waals surface area (Å²) in [5.41, 5.74) is 8.87. The van der Waals surface area contributed by atoms with E-state index in [1.165, 1.54) is 66.3 Å². The van der Waals surface area contributed by atoms with Gasteiger partial charge in [0.25, 0.3) is 0 Å². The standard InChI is InChI=1S/C31H34/c1-21(2)25-6-3-7-26(15-25)27-8-4-9-28(16-27)29-10-5-11-30(17-29)31-18-22-12-23(19-31)14-24(13-22)20-31/h3-11,15-17,21-24H,12-14,18-20H2,1-2H3. The fourth-order valence-electron chi connectivity index (χ4n) is 7.45. The maximum absolute atomic E-state index is 2.54. The highest BCUT2D eigenvalue weighted by Gasteiger charge is 2.51. The van der Waals surface area contributed by atoms with E-state index < -0.39 is 0 Å². The van der Waals surface area contributed by atoms with Gasteiger partial charge in [-0.3, -0.25) is 0 Å². The van der Waals surface area contributed by atoms with Crippen LogP contribution in [0.15, 0.2) is 72.8 Å². The molecule has 0 nitrogen and oxygen atoms in total. The predicted octanol–water partition coefficient (Wildman–Crippen LogP) is 8.61. The Bertz CT molecular complexity index is 1070. The van der Waals surface area contributed by atoms with Gasteiger partial charge in [0, 0.05) is 0 Å². The Kier molecular flexibility index (Phi) is 4.60. The maximum Gasteiger partial charge on any atom is -0.00388 e. The second-order valence-electron chi connectivity index (χ2n) is 11.1. The first-order valence-corrected chi connectivity index (χ1v) is 12.4. The van der Waals surface area contributed by atoms with Crippen LogP contribution in [0, 0.1) is 17.8 Å². The SMILES string of the molecule is CC(C)c1cccc(-c2cccc(-c3cccc(C45CC6CC(CC(C6)C4)C5)c3)c2)c1. The van der Waals surface area contributed by atoms with Gasteiger partial charge >= 0.3 is 0 Å². The number of hydrogen-bond acceptors (Lipinski definition) is 0. The largest absolute Gasteiger partial charge is 0.0614 e. The molecule has 0 aromatic heterocycles. The fourth-order valence-corrected chi connectivity index (χ4v) is 7.45. The quantitative estimate of drug-likeness (QED) is 0.407. The first-order chi connectivity index (χ1) is 15.1. The molecule has 0 amide bonds. The molecular weight excluding hydrogens is 372 g/mol. The molecule has 0 heteroatoms. The van der Waals surface area contributed by atoms with Gasteiger partial charge in [-0.1, -0.05) is 80.6 Å². The molecule has 3 aromatic rings. The average Bonchev–Trinajstić information content (AvgIpc) is 2.78.